The van der Waals surface area contributed by atoms with Gasteiger partial charge in [0.1, 0.15) is 11.5 Å². The van der Waals surface area contributed by atoms with Crippen LogP contribution in [0.1, 0.15) is 25.0 Å². The minimum atomic E-state index is 0.0727. The molecule has 1 rings (SSSR count). The van der Waals surface area contributed by atoms with Crippen LogP contribution in [0.4, 0.5) is 0 Å². The summed E-state index contributed by atoms with van der Waals surface area (Å²) in [5.74, 6) is 0.288. The second-order valence-electron chi connectivity index (χ2n) is 3.20. The number of Topliss-reactive ketones (excluding diaryl/α,β-unsaturated/α-hetero) is 1. The summed E-state index contributed by atoms with van der Waals surface area (Å²) in [5, 5.41) is 9.43. The van der Waals surface area contributed by atoms with E-state index in [1.807, 2.05) is 19.1 Å². The molecule has 0 aliphatic rings. The first kappa shape index (κ1) is 9.78. The minimum absolute atomic E-state index is 0.0727. The number of aromatic hydroxyl groups is 1. The molecule has 0 spiro atoms. The third-order valence-electron chi connectivity index (χ3n) is 1.99. The Bertz CT molecular complexity index is 316. The van der Waals surface area contributed by atoms with Gasteiger partial charge in [0.05, 0.1) is 0 Å². The van der Waals surface area contributed by atoms with E-state index in [0.717, 1.165) is 17.5 Å². The van der Waals surface area contributed by atoms with Crippen LogP contribution in [0.2, 0.25) is 0 Å². The van der Waals surface area contributed by atoms with Gasteiger partial charge in [0.25, 0.3) is 0 Å². The summed E-state index contributed by atoms with van der Waals surface area (Å²) in [4.78, 5) is 10.9. The molecule has 0 heterocycles. The molecule has 70 valence electrons. The van der Waals surface area contributed by atoms with Gasteiger partial charge in [-0.25, -0.2) is 0 Å². The van der Waals surface area contributed by atoms with E-state index >= 15 is 0 Å². The van der Waals surface area contributed by atoms with Gasteiger partial charge in [-0.15, -0.1) is 0 Å². The maximum absolute atomic E-state index is 10.9. The summed E-state index contributed by atoms with van der Waals surface area (Å²) in [7, 11) is 0. The second kappa shape index (κ2) is 4.08. The zero-order chi connectivity index (χ0) is 9.84. The molecule has 0 aromatic heterocycles. The molecule has 0 atom stereocenters. The first-order valence-corrected chi connectivity index (χ1v) is 4.43. The fourth-order valence-electron chi connectivity index (χ4n) is 1.27. The van der Waals surface area contributed by atoms with Crippen molar-refractivity contribution in [1.82, 2.24) is 0 Å². The Morgan fingerprint density at radius 1 is 1.46 bits per heavy atom. The van der Waals surface area contributed by atoms with E-state index in [2.05, 4.69) is 0 Å². The number of hydrogen-bond donors (Lipinski definition) is 1. The zero-order valence-corrected chi connectivity index (χ0v) is 8.00. The van der Waals surface area contributed by atoms with Crippen molar-refractivity contribution in [2.24, 2.45) is 0 Å². The lowest BCUT2D eigenvalue weighted by Gasteiger charge is -2.04. The smallest absolute Gasteiger partial charge is 0.134 e. The Morgan fingerprint density at radius 2 is 2.15 bits per heavy atom. The first-order valence-electron chi connectivity index (χ1n) is 4.43. The molecular weight excluding hydrogens is 164 g/mol. The maximum Gasteiger partial charge on any atom is 0.134 e. The fourth-order valence-corrected chi connectivity index (χ4v) is 1.27. The topological polar surface area (TPSA) is 37.3 Å². The molecule has 1 N–H and O–H groups in total. The summed E-state index contributed by atoms with van der Waals surface area (Å²) in [6.07, 6.45) is 1.24. The van der Waals surface area contributed by atoms with E-state index in [4.69, 9.17) is 0 Å². The van der Waals surface area contributed by atoms with E-state index in [9.17, 15) is 9.90 Å². The van der Waals surface area contributed by atoms with Crippen LogP contribution < -0.4 is 0 Å². The fraction of sp³-hybridized carbons (Fsp3) is 0.364. The highest BCUT2D eigenvalue weighted by Crippen LogP contribution is 2.19. The molecule has 13 heavy (non-hydrogen) atoms. The number of aryl methyl sites for hydroxylation is 1. The average Bonchev–Trinajstić information content (AvgIpc) is 2.08. The molecule has 0 radical (unpaired) electrons. The lowest BCUT2D eigenvalue weighted by molar-refractivity contribution is -0.116. The van der Waals surface area contributed by atoms with Gasteiger partial charge in [-0.05, 0) is 25.0 Å². The normalized spacial score (nSPS) is 10.0. The highest BCUT2D eigenvalue weighted by Gasteiger charge is 2.04. The zero-order valence-electron chi connectivity index (χ0n) is 8.00. The van der Waals surface area contributed by atoms with Crippen molar-refractivity contribution in [2.45, 2.75) is 26.7 Å². The van der Waals surface area contributed by atoms with Crippen molar-refractivity contribution in [3.63, 3.8) is 0 Å². The van der Waals surface area contributed by atoms with Crippen LogP contribution in [-0.4, -0.2) is 10.9 Å². The van der Waals surface area contributed by atoms with Crippen LogP contribution >= 0.6 is 0 Å². The van der Waals surface area contributed by atoms with Crippen LogP contribution in [0.3, 0.4) is 0 Å². The van der Waals surface area contributed by atoms with Crippen LogP contribution in [0.15, 0.2) is 18.2 Å². The lowest BCUT2D eigenvalue weighted by Crippen LogP contribution is -1.97. The summed E-state index contributed by atoms with van der Waals surface area (Å²) < 4.78 is 0. The highest BCUT2D eigenvalue weighted by molar-refractivity contribution is 5.78. The monoisotopic (exact) mass is 178 g/mol. The largest absolute Gasteiger partial charge is 0.508 e. The second-order valence-corrected chi connectivity index (χ2v) is 3.20. The van der Waals surface area contributed by atoms with Crippen molar-refractivity contribution in [1.29, 1.82) is 0 Å². The molecule has 1 aromatic rings. The summed E-state index contributed by atoms with van der Waals surface area (Å²) in [6, 6.07) is 5.41. The Hall–Kier alpha value is -1.31. The third-order valence-corrected chi connectivity index (χ3v) is 1.99. The van der Waals surface area contributed by atoms with Gasteiger partial charge in [0, 0.05) is 12.0 Å². The molecule has 0 saturated carbocycles. The number of benzene rings is 1. The van der Waals surface area contributed by atoms with Gasteiger partial charge in [-0.3, -0.25) is 4.79 Å². The van der Waals surface area contributed by atoms with Gasteiger partial charge in [-0.2, -0.15) is 0 Å². The Balaban J connectivity index is 2.96. The average molecular weight is 178 g/mol. The number of carbonyl (C=O) groups is 1. The molecule has 1 aromatic carbocycles. The van der Waals surface area contributed by atoms with Crippen molar-refractivity contribution in [3.8, 4) is 5.75 Å². The number of carbonyl (C=O) groups excluding carboxylic acids is 1. The molecule has 0 saturated heterocycles. The predicted octanol–water partition coefficient (Wildman–Crippen LogP) is 2.09. The Morgan fingerprint density at radius 3 is 2.69 bits per heavy atom. The quantitative estimate of drug-likeness (QED) is 0.769. The Labute approximate surface area is 78.2 Å². The van der Waals surface area contributed by atoms with Crippen molar-refractivity contribution in [3.05, 3.63) is 29.3 Å². The van der Waals surface area contributed by atoms with E-state index < -0.39 is 0 Å². The molecule has 0 fully saturated rings. The van der Waals surface area contributed by atoms with E-state index in [1.54, 1.807) is 6.07 Å². The minimum Gasteiger partial charge on any atom is -0.508 e. The molecule has 0 bridgehead atoms. The number of phenolic OH excluding ortho intramolecular Hbond substituents is 1. The van der Waals surface area contributed by atoms with Crippen LogP contribution in [0, 0.1) is 0 Å². The van der Waals surface area contributed by atoms with Crippen LogP contribution in [0.25, 0.3) is 0 Å². The molecule has 0 amide bonds. The van der Waals surface area contributed by atoms with Crippen LogP contribution in [0.5, 0.6) is 5.75 Å². The van der Waals surface area contributed by atoms with E-state index in [0.29, 0.717) is 6.42 Å². The summed E-state index contributed by atoms with van der Waals surface area (Å²) >= 11 is 0. The first-order chi connectivity index (χ1) is 6.13. The Kier molecular flexibility index (Phi) is 3.07. The van der Waals surface area contributed by atoms with E-state index in [1.165, 1.54) is 6.92 Å². The van der Waals surface area contributed by atoms with Crippen molar-refractivity contribution < 1.29 is 9.90 Å². The molecule has 2 heteroatoms. The maximum atomic E-state index is 10.9. The molecule has 2 nitrogen and oxygen atoms in total. The van der Waals surface area contributed by atoms with Crippen molar-refractivity contribution in [2.75, 3.05) is 0 Å². The molecule has 0 aliphatic heterocycles. The van der Waals surface area contributed by atoms with Gasteiger partial charge in [0.2, 0.25) is 0 Å². The van der Waals surface area contributed by atoms with Gasteiger partial charge in [0.15, 0.2) is 0 Å². The third kappa shape index (κ3) is 2.58. The lowest BCUT2D eigenvalue weighted by atomic mass is 10.0. The predicted molar refractivity (Wildman–Crippen MR) is 51.9 cm³/mol. The number of hydrogen-bond acceptors (Lipinski definition) is 2. The highest BCUT2D eigenvalue weighted by atomic mass is 16.3. The van der Waals surface area contributed by atoms with Gasteiger partial charge < -0.3 is 5.11 Å². The molecular formula is C11H14O2. The standard InChI is InChI=1S/C11H14O2/c1-3-9-4-5-11(13)10(7-9)6-8(2)12/h4-5,7,13H,3,6H2,1-2H3. The SMILES string of the molecule is CCc1ccc(O)c(CC(C)=O)c1. The van der Waals surface area contributed by atoms with Gasteiger partial charge >= 0.3 is 0 Å². The summed E-state index contributed by atoms with van der Waals surface area (Å²) in [6.45, 7) is 3.57. The van der Waals surface area contributed by atoms with Crippen LogP contribution in [-0.2, 0) is 17.6 Å². The summed E-state index contributed by atoms with van der Waals surface area (Å²) in [5.41, 5.74) is 1.88. The number of phenols is 1. The molecule has 0 aliphatic carbocycles. The number of ketones is 1. The van der Waals surface area contributed by atoms with Crippen molar-refractivity contribution >= 4 is 5.78 Å². The van der Waals surface area contributed by atoms with Gasteiger partial charge in [-0.1, -0.05) is 19.1 Å². The van der Waals surface area contributed by atoms with E-state index in [-0.39, 0.29) is 11.5 Å². The molecule has 0 unspecified atom stereocenters. The number of rotatable bonds is 3.